The summed E-state index contributed by atoms with van der Waals surface area (Å²) in [5.41, 5.74) is 4.21. The Bertz CT molecular complexity index is 577. The van der Waals surface area contributed by atoms with Gasteiger partial charge in [-0.2, -0.15) is 0 Å². The number of rotatable bonds is 3. The van der Waals surface area contributed by atoms with E-state index in [1.807, 2.05) is 0 Å². The van der Waals surface area contributed by atoms with Crippen LogP contribution < -0.4 is 5.32 Å². The second-order valence-electron chi connectivity index (χ2n) is 7.14. The Balaban J connectivity index is 1.76. The second-order valence-corrected chi connectivity index (χ2v) is 7.14. The number of hydrogen-bond donors (Lipinski definition) is 1. The van der Waals surface area contributed by atoms with Gasteiger partial charge in [-0.15, -0.1) is 0 Å². The van der Waals surface area contributed by atoms with E-state index in [-0.39, 0.29) is 0 Å². The van der Waals surface area contributed by atoms with Crippen LogP contribution in [0.15, 0.2) is 24.3 Å². The highest BCUT2D eigenvalue weighted by atomic mass is 15.0. The maximum Gasteiger partial charge on any atom is 0.0483 e. The van der Waals surface area contributed by atoms with Crippen molar-refractivity contribution in [1.82, 2.24) is 9.88 Å². The molecule has 3 rings (SSSR count). The van der Waals surface area contributed by atoms with Crippen LogP contribution in [0.2, 0.25) is 0 Å². The van der Waals surface area contributed by atoms with Gasteiger partial charge in [-0.3, -0.25) is 0 Å². The summed E-state index contributed by atoms with van der Waals surface area (Å²) in [6.45, 7) is 8.03. The van der Waals surface area contributed by atoms with E-state index in [1.54, 1.807) is 0 Å². The Morgan fingerprint density at radius 1 is 1.10 bits per heavy atom. The third-order valence-corrected chi connectivity index (χ3v) is 5.24. The van der Waals surface area contributed by atoms with Crippen molar-refractivity contribution in [3.63, 3.8) is 0 Å². The van der Waals surface area contributed by atoms with Gasteiger partial charge in [0.25, 0.3) is 0 Å². The van der Waals surface area contributed by atoms with Gasteiger partial charge in [0.05, 0.1) is 0 Å². The summed E-state index contributed by atoms with van der Waals surface area (Å²) in [5, 5.41) is 5.21. The molecule has 2 aromatic rings. The van der Waals surface area contributed by atoms with Gasteiger partial charge in [0.2, 0.25) is 0 Å². The fourth-order valence-corrected chi connectivity index (χ4v) is 4.24. The third-order valence-electron chi connectivity index (χ3n) is 5.24. The molecular formula is C19H28N2. The maximum atomic E-state index is 3.82. The van der Waals surface area contributed by atoms with Crippen LogP contribution in [0.5, 0.6) is 0 Å². The number of nitrogens with one attached hydrogen (secondary N) is 1. The zero-order valence-electron chi connectivity index (χ0n) is 13.8. The molecule has 1 aliphatic carbocycles. The Kier molecular flexibility index (Phi) is 4.08. The maximum absolute atomic E-state index is 3.82. The first-order chi connectivity index (χ1) is 10.1. The minimum absolute atomic E-state index is 0.682. The molecule has 0 saturated heterocycles. The van der Waals surface area contributed by atoms with E-state index in [0.29, 0.717) is 6.04 Å². The molecule has 1 aromatic heterocycles. The highest BCUT2D eigenvalue weighted by Crippen LogP contribution is 2.29. The second kappa shape index (κ2) is 5.84. The Morgan fingerprint density at radius 3 is 2.43 bits per heavy atom. The summed E-state index contributed by atoms with van der Waals surface area (Å²) in [4.78, 5) is 0. The van der Waals surface area contributed by atoms with Gasteiger partial charge < -0.3 is 9.88 Å². The van der Waals surface area contributed by atoms with Crippen molar-refractivity contribution >= 4 is 10.9 Å². The molecular weight excluding hydrogens is 256 g/mol. The Labute approximate surface area is 128 Å². The predicted molar refractivity (Wildman–Crippen MR) is 90.5 cm³/mol. The van der Waals surface area contributed by atoms with E-state index >= 15 is 0 Å². The predicted octanol–water partition coefficient (Wildman–Crippen LogP) is 4.40. The van der Waals surface area contributed by atoms with Crippen LogP contribution in [0.25, 0.3) is 10.9 Å². The third kappa shape index (κ3) is 2.87. The van der Waals surface area contributed by atoms with Crippen LogP contribution in [-0.4, -0.2) is 10.6 Å². The molecule has 1 heterocycles. The van der Waals surface area contributed by atoms with Gasteiger partial charge in [0.1, 0.15) is 0 Å². The molecule has 0 amide bonds. The minimum atomic E-state index is 0.682. The van der Waals surface area contributed by atoms with Crippen LogP contribution in [0.3, 0.4) is 0 Å². The number of benzene rings is 1. The number of aryl methyl sites for hydroxylation is 2. The van der Waals surface area contributed by atoms with Crippen molar-refractivity contribution in [3.05, 3.63) is 35.5 Å². The number of aromatic nitrogens is 1. The Morgan fingerprint density at radius 2 is 1.76 bits per heavy atom. The van der Waals surface area contributed by atoms with Crippen molar-refractivity contribution in [2.75, 3.05) is 0 Å². The molecule has 1 N–H and O–H groups in total. The van der Waals surface area contributed by atoms with E-state index in [1.165, 1.54) is 41.4 Å². The average Bonchev–Trinajstić information content (AvgIpc) is 2.69. The van der Waals surface area contributed by atoms with Crippen molar-refractivity contribution in [2.45, 2.75) is 52.6 Å². The molecule has 1 fully saturated rings. The first kappa shape index (κ1) is 14.6. The van der Waals surface area contributed by atoms with E-state index in [9.17, 15) is 0 Å². The molecule has 2 atom stereocenters. The summed E-state index contributed by atoms with van der Waals surface area (Å²) in [5.74, 6) is 1.72. The molecule has 2 unspecified atom stereocenters. The van der Waals surface area contributed by atoms with E-state index < -0.39 is 0 Å². The lowest BCUT2D eigenvalue weighted by atomic mass is 9.80. The van der Waals surface area contributed by atoms with Crippen molar-refractivity contribution in [2.24, 2.45) is 18.9 Å². The molecule has 1 aromatic carbocycles. The van der Waals surface area contributed by atoms with Crippen LogP contribution in [0.1, 0.15) is 44.4 Å². The van der Waals surface area contributed by atoms with Gasteiger partial charge in [0.15, 0.2) is 0 Å². The molecule has 0 radical (unpaired) electrons. The van der Waals surface area contributed by atoms with Crippen molar-refractivity contribution in [1.29, 1.82) is 0 Å². The molecule has 2 heteroatoms. The normalized spacial score (nSPS) is 26.4. The first-order valence-electron chi connectivity index (χ1n) is 8.32. The molecule has 1 saturated carbocycles. The number of para-hydroxylation sites is 1. The highest BCUT2D eigenvalue weighted by molar-refractivity contribution is 5.85. The largest absolute Gasteiger partial charge is 0.346 e. The zero-order chi connectivity index (χ0) is 15.0. The standard InChI is InChI=1S/C19H28N2/c1-13-9-14(2)11-16(10-13)20-12-19-15(3)17-7-5-6-8-18(17)21(19)4/h5-8,13-14,16,20H,9-12H2,1-4H3. The molecule has 21 heavy (non-hydrogen) atoms. The van der Waals surface area contributed by atoms with E-state index in [4.69, 9.17) is 0 Å². The quantitative estimate of drug-likeness (QED) is 0.884. The van der Waals surface area contributed by atoms with Gasteiger partial charge >= 0.3 is 0 Å². The number of nitrogens with zero attached hydrogens (tertiary/aromatic N) is 1. The molecule has 0 aliphatic heterocycles. The summed E-state index contributed by atoms with van der Waals surface area (Å²) < 4.78 is 2.35. The van der Waals surface area contributed by atoms with Crippen LogP contribution in [-0.2, 0) is 13.6 Å². The molecule has 2 nitrogen and oxygen atoms in total. The van der Waals surface area contributed by atoms with Crippen molar-refractivity contribution in [3.8, 4) is 0 Å². The minimum Gasteiger partial charge on any atom is -0.346 e. The molecule has 114 valence electrons. The van der Waals surface area contributed by atoms with Gasteiger partial charge in [-0.1, -0.05) is 32.0 Å². The zero-order valence-corrected chi connectivity index (χ0v) is 13.8. The fraction of sp³-hybridized carbons (Fsp3) is 0.579. The summed E-state index contributed by atoms with van der Waals surface area (Å²) in [6.07, 6.45) is 4.05. The lowest BCUT2D eigenvalue weighted by Crippen LogP contribution is -2.36. The summed E-state index contributed by atoms with van der Waals surface area (Å²) >= 11 is 0. The van der Waals surface area contributed by atoms with Crippen LogP contribution in [0, 0.1) is 18.8 Å². The fourth-order valence-electron chi connectivity index (χ4n) is 4.24. The molecule has 1 aliphatic rings. The smallest absolute Gasteiger partial charge is 0.0483 e. The van der Waals surface area contributed by atoms with E-state index in [0.717, 1.165) is 18.4 Å². The van der Waals surface area contributed by atoms with Gasteiger partial charge in [-0.25, -0.2) is 0 Å². The lowest BCUT2D eigenvalue weighted by Gasteiger charge is -2.32. The average molecular weight is 284 g/mol. The van der Waals surface area contributed by atoms with Crippen LogP contribution in [0.4, 0.5) is 0 Å². The monoisotopic (exact) mass is 284 g/mol. The molecule has 0 spiro atoms. The van der Waals surface area contributed by atoms with Gasteiger partial charge in [-0.05, 0) is 49.7 Å². The number of hydrogen-bond acceptors (Lipinski definition) is 1. The van der Waals surface area contributed by atoms with Crippen LogP contribution >= 0.6 is 0 Å². The first-order valence-corrected chi connectivity index (χ1v) is 8.32. The lowest BCUT2D eigenvalue weighted by molar-refractivity contribution is 0.237. The van der Waals surface area contributed by atoms with Crippen molar-refractivity contribution < 1.29 is 0 Å². The summed E-state index contributed by atoms with van der Waals surface area (Å²) in [6, 6.07) is 9.40. The van der Waals surface area contributed by atoms with E-state index in [2.05, 4.69) is 62.0 Å². The molecule has 0 bridgehead atoms. The SMILES string of the molecule is Cc1c(CNC2CC(C)CC(C)C2)n(C)c2ccccc12. The highest BCUT2D eigenvalue weighted by Gasteiger charge is 2.24. The summed E-state index contributed by atoms with van der Waals surface area (Å²) in [7, 11) is 2.19. The number of fused-ring (bicyclic) bond motifs is 1. The van der Waals surface area contributed by atoms with Gasteiger partial charge in [0, 0.05) is 36.2 Å². The topological polar surface area (TPSA) is 17.0 Å². The Hall–Kier alpha value is -1.28.